The van der Waals surface area contributed by atoms with Crippen LogP contribution in [0, 0.1) is 0 Å². The molecule has 170 valence electrons. The fraction of sp³-hybridized carbons (Fsp3) is 0.200. The fourth-order valence-electron chi connectivity index (χ4n) is 4.03. The summed E-state index contributed by atoms with van der Waals surface area (Å²) >= 11 is 5.87. The van der Waals surface area contributed by atoms with E-state index in [1.165, 1.54) is 12.1 Å². The van der Waals surface area contributed by atoms with Gasteiger partial charge in [-0.2, -0.15) is 0 Å². The second-order valence-corrected chi connectivity index (χ2v) is 10.1. The van der Waals surface area contributed by atoms with Crippen LogP contribution in [0.25, 0.3) is 5.57 Å². The molecule has 8 heteroatoms. The van der Waals surface area contributed by atoms with Gasteiger partial charge in [-0.15, -0.1) is 0 Å². The summed E-state index contributed by atoms with van der Waals surface area (Å²) in [7, 11) is -3.65. The number of carboxylic acid groups (broad SMARTS) is 1. The largest absolute Gasteiger partial charge is 0.481 e. The smallest absolute Gasteiger partial charge is 0.303 e. The Morgan fingerprint density at radius 3 is 2.55 bits per heavy atom. The quantitative estimate of drug-likeness (QED) is 0.493. The first-order valence-corrected chi connectivity index (χ1v) is 12.4. The van der Waals surface area contributed by atoms with Crippen LogP contribution in [0.15, 0.2) is 78.0 Å². The molecule has 1 aromatic heterocycles. The van der Waals surface area contributed by atoms with Crippen molar-refractivity contribution in [1.82, 2.24) is 9.71 Å². The van der Waals surface area contributed by atoms with Crippen molar-refractivity contribution in [2.45, 2.75) is 36.6 Å². The van der Waals surface area contributed by atoms with Crippen LogP contribution in [-0.4, -0.2) is 30.5 Å². The zero-order valence-electron chi connectivity index (χ0n) is 17.7. The van der Waals surface area contributed by atoms with Gasteiger partial charge in [0.1, 0.15) is 0 Å². The van der Waals surface area contributed by atoms with E-state index in [1.807, 2.05) is 30.3 Å². The summed E-state index contributed by atoms with van der Waals surface area (Å²) in [6, 6.07) is 15.7. The number of allylic oxidation sites excluding steroid dienone is 1. The van der Waals surface area contributed by atoms with Gasteiger partial charge in [0.2, 0.25) is 10.0 Å². The van der Waals surface area contributed by atoms with Gasteiger partial charge in [0.25, 0.3) is 0 Å². The summed E-state index contributed by atoms with van der Waals surface area (Å²) in [6.45, 7) is 0. The van der Waals surface area contributed by atoms with Crippen molar-refractivity contribution in [2.24, 2.45) is 0 Å². The average Bonchev–Trinajstić information content (AvgIpc) is 3.18. The number of fused-ring (bicyclic) bond motifs is 1. The summed E-state index contributed by atoms with van der Waals surface area (Å²) in [5.74, 6) is -0.846. The molecule has 1 heterocycles. The number of carboxylic acids is 1. The molecule has 1 aliphatic rings. The van der Waals surface area contributed by atoms with Crippen LogP contribution in [0.3, 0.4) is 0 Å². The number of rotatable bonds is 8. The Morgan fingerprint density at radius 1 is 1.09 bits per heavy atom. The van der Waals surface area contributed by atoms with Gasteiger partial charge < -0.3 is 5.11 Å². The van der Waals surface area contributed by atoms with Gasteiger partial charge in [0.05, 0.1) is 4.90 Å². The molecule has 0 radical (unpaired) electrons. The molecule has 2 aromatic carbocycles. The van der Waals surface area contributed by atoms with Crippen molar-refractivity contribution in [3.05, 3.63) is 100 Å². The monoisotopic (exact) mass is 482 g/mol. The Hall–Kier alpha value is -3.00. The third-order valence-corrected chi connectivity index (χ3v) is 7.36. The molecule has 6 nitrogen and oxygen atoms in total. The first kappa shape index (κ1) is 23.2. The molecular formula is C25H23ClN2O4S. The topological polar surface area (TPSA) is 96.4 Å². The third-order valence-electron chi connectivity index (χ3n) is 5.57. The standard InChI is InChI=1S/C25H23ClN2O4S/c26-21-8-10-23(11-9-21)33(31,32)28-22-14-17-6-7-18(13-20(17)15-22)24(4-1-5-25(29)30)19-3-2-12-27-16-19/h2-4,6-13,16,22,28H,1,5,14-15H2,(H,29,30). The first-order valence-electron chi connectivity index (χ1n) is 10.5. The van der Waals surface area contributed by atoms with Gasteiger partial charge in [-0.05, 0) is 71.9 Å². The van der Waals surface area contributed by atoms with Gasteiger partial charge >= 0.3 is 5.97 Å². The van der Waals surface area contributed by atoms with Crippen molar-refractivity contribution in [1.29, 1.82) is 0 Å². The molecule has 0 amide bonds. The van der Waals surface area contributed by atoms with Crippen LogP contribution in [0.4, 0.5) is 0 Å². The molecule has 1 unspecified atom stereocenters. The number of halogens is 1. The van der Waals surface area contributed by atoms with E-state index in [9.17, 15) is 13.2 Å². The number of aromatic nitrogens is 1. The van der Waals surface area contributed by atoms with Crippen molar-refractivity contribution < 1.29 is 18.3 Å². The lowest BCUT2D eigenvalue weighted by Crippen LogP contribution is -2.35. The van der Waals surface area contributed by atoms with Crippen molar-refractivity contribution in [3.63, 3.8) is 0 Å². The maximum atomic E-state index is 12.8. The van der Waals surface area contributed by atoms with E-state index in [0.29, 0.717) is 24.3 Å². The molecule has 2 N–H and O–H groups in total. The molecule has 1 atom stereocenters. The molecule has 4 rings (SSSR count). The Labute approximate surface area is 198 Å². The number of carbonyl (C=O) groups is 1. The van der Waals surface area contributed by atoms with Gasteiger partial charge in [-0.1, -0.05) is 41.9 Å². The number of benzene rings is 2. The average molecular weight is 483 g/mol. The Morgan fingerprint density at radius 2 is 1.85 bits per heavy atom. The number of nitrogens with one attached hydrogen (secondary N) is 1. The molecule has 0 saturated heterocycles. The molecule has 0 bridgehead atoms. The van der Waals surface area contributed by atoms with E-state index >= 15 is 0 Å². The molecule has 3 aromatic rings. The maximum Gasteiger partial charge on any atom is 0.303 e. The third kappa shape index (κ3) is 5.68. The zero-order valence-corrected chi connectivity index (χ0v) is 19.3. The predicted octanol–water partition coefficient (Wildman–Crippen LogP) is 4.48. The minimum Gasteiger partial charge on any atom is -0.481 e. The predicted molar refractivity (Wildman–Crippen MR) is 128 cm³/mol. The van der Waals surface area contributed by atoms with Crippen LogP contribution in [0.1, 0.15) is 35.1 Å². The van der Waals surface area contributed by atoms with E-state index in [0.717, 1.165) is 27.8 Å². The minimum atomic E-state index is -3.65. The lowest BCUT2D eigenvalue weighted by atomic mass is 9.95. The summed E-state index contributed by atoms with van der Waals surface area (Å²) in [4.78, 5) is 15.3. The summed E-state index contributed by atoms with van der Waals surface area (Å²) in [5, 5.41) is 9.49. The number of hydrogen-bond acceptors (Lipinski definition) is 4. The van der Waals surface area contributed by atoms with Gasteiger partial charge in [-0.3, -0.25) is 9.78 Å². The Bertz CT molecular complexity index is 1290. The summed E-state index contributed by atoms with van der Waals surface area (Å²) < 4.78 is 28.3. The molecule has 0 aliphatic heterocycles. The SMILES string of the molecule is O=C(O)CCC=C(c1cccnc1)c1ccc2c(c1)CC(NS(=O)(=O)c1ccc(Cl)cc1)C2. The number of pyridine rings is 1. The fourth-order valence-corrected chi connectivity index (χ4v) is 5.40. The zero-order chi connectivity index (χ0) is 23.4. The molecule has 0 saturated carbocycles. The van der Waals surface area contributed by atoms with Crippen LogP contribution in [0.5, 0.6) is 0 Å². The van der Waals surface area contributed by atoms with Crippen molar-refractivity contribution >= 4 is 33.2 Å². The first-order chi connectivity index (χ1) is 15.8. The van der Waals surface area contributed by atoms with Gasteiger partial charge in [0, 0.05) is 35.4 Å². The van der Waals surface area contributed by atoms with Crippen LogP contribution in [0.2, 0.25) is 5.02 Å². The number of hydrogen-bond donors (Lipinski definition) is 2. The lowest BCUT2D eigenvalue weighted by molar-refractivity contribution is -0.136. The highest BCUT2D eigenvalue weighted by molar-refractivity contribution is 7.89. The van der Waals surface area contributed by atoms with E-state index in [4.69, 9.17) is 16.7 Å². The minimum absolute atomic E-state index is 0.0449. The highest BCUT2D eigenvalue weighted by atomic mass is 35.5. The van der Waals surface area contributed by atoms with Gasteiger partial charge in [0.15, 0.2) is 0 Å². The number of aliphatic carboxylic acids is 1. The maximum absolute atomic E-state index is 12.8. The Kier molecular flexibility index (Phi) is 6.93. The number of nitrogens with zero attached hydrogens (tertiary/aromatic N) is 1. The molecular weight excluding hydrogens is 460 g/mol. The highest BCUT2D eigenvalue weighted by Gasteiger charge is 2.27. The summed E-state index contributed by atoms with van der Waals surface area (Å²) in [5.41, 5.74) is 4.94. The van der Waals surface area contributed by atoms with E-state index in [-0.39, 0.29) is 17.4 Å². The van der Waals surface area contributed by atoms with E-state index < -0.39 is 16.0 Å². The second kappa shape index (κ2) is 9.87. The lowest BCUT2D eigenvalue weighted by Gasteiger charge is -2.12. The van der Waals surface area contributed by atoms with Crippen molar-refractivity contribution in [2.75, 3.05) is 0 Å². The molecule has 1 aliphatic carbocycles. The number of sulfonamides is 1. The van der Waals surface area contributed by atoms with Gasteiger partial charge in [-0.25, -0.2) is 13.1 Å². The van der Waals surface area contributed by atoms with Crippen molar-refractivity contribution in [3.8, 4) is 0 Å². The van der Waals surface area contributed by atoms with Crippen LogP contribution in [-0.2, 0) is 27.7 Å². The molecule has 0 spiro atoms. The van der Waals surface area contributed by atoms with E-state index in [1.54, 1.807) is 24.5 Å². The van der Waals surface area contributed by atoms with E-state index in [2.05, 4.69) is 15.8 Å². The molecule has 33 heavy (non-hydrogen) atoms. The second-order valence-electron chi connectivity index (χ2n) is 7.96. The molecule has 0 fully saturated rings. The van der Waals surface area contributed by atoms with Crippen LogP contribution < -0.4 is 4.72 Å². The van der Waals surface area contributed by atoms with Crippen LogP contribution >= 0.6 is 11.6 Å². The Balaban J connectivity index is 1.55. The summed E-state index contributed by atoms with van der Waals surface area (Å²) in [6.07, 6.45) is 6.99. The highest BCUT2D eigenvalue weighted by Crippen LogP contribution is 2.30. The normalized spacial score (nSPS) is 15.9.